The zero-order chi connectivity index (χ0) is 11.5. The second-order valence-electron chi connectivity index (χ2n) is 3.81. The van der Waals surface area contributed by atoms with Crippen molar-refractivity contribution in [2.24, 2.45) is 5.73 Å². The lowest BCUT2D eigenvalue weighted by atomic mass is 10.1. The Labute approximate surface area is 92.5 Å². The molecule has 1 aromatic rings. The van der Waals surface area contributed by atoms with Gasteiger partial charge in [-0.1, -0.05) is 6.07 Å². The molecule has 0 heterocycles. The lowest BCUT2D eigenvalue weighted by molar-refractivity contribution is -0.126. The monoisotopic (exact) mass is 224 g/mol. The number of fused-ring (bicyclic) bond motifs is 1. The largest absolute Gasteiger partial charge is 0.368 e. The van der Waals surface area contributed by atoms with Crippen molar-refractivity contribution >= 4 is 5.91 Å². The number of aryl methyl sites for hydroxylation is 1. The summed E-state index contributed by atoms with van der Waals surface area (Å²) in [5.74, 6) is -0.748. The number of carbonyl (C=O) groups excluding carboxylic acids is 1. The minimum absolute atomic E-state index is 0.00921. The maximum Gasteiger partial charge on any atom is 0.245 e. The zero-order valence-corrected chi connectivity index (χ0v) is 8.70. The van der Waals surface area contributed by atoms with Gasteiger partial charge in [-0.2, -0.15) is 5.48 Å². The number of carbonyl (C=O) groups is 1. The molecule has 0 bridgehead atoms. The Balaban J connectivity index is 1.98. The molecular formula is C11H13FN2O2. The second-order valence-corrected chi connectivity index (χ2v) is 3.81. The Morgan fingerprint density at radius 1 is 1.62 bits per heavy atom. The van der Waals surface area contributed by atoms with E-state index < -0.39 is 5.91 Å². The number of hydrogen-bond donors (Lipinski definition) is 2. The van der Waals surface area contributed by atoms with Crippen LogP contribution in [-0.4, -0.2) is 12.5 Å². The van der Waals surface area contributed by atoms with Gasteiger partial charge in [-0.25, -0.2) is 4.39 Å². The van der Waals surface area contributed by atoms with Gasteiger partial charge in [-0.3, -0.25) is 9.63 Å². The van der Waals surface area contributed by atoms with Crippen molar-refractivity contribution in [3.63, 3.8) is 0 Å². The SMILES string of the molecule is NC(=O)CONC1CCc2cc(F)ccc21. The van der Waals surface area contributed by atoms with Crippen molar-refractivity contribution in [3.8, 4) is 0 Å². The Hall–Kier alpha value is -1.46. The van der Waals surface area contributed by atoms with Crippen molar-refractivity contribution in [3.05, 3.63) is 35.1 Å². The van der Waals surface area contributed by atoms with Gasteiger partial charge in [0.2, 0.25) is 5.91 Å². The fraction of sp³-hybridized carbons (Fsp3) is 0.364. The average Bonchev–Trinajstić information content (AvgIpc) is 2.60. The lowest BCUT2D eigenvalue weighted by Gasteiger charge is -2.12. The van der Waals surface area contributed by atoms with E-state index in [1.807, 2.05) is 0 Å². The van der Waals surface area contributed by atoms with Gasteiger partial charge >= 0.3 is 0 Å². The maximum absolute atomic E-state index is 12.9. The summed E-state index contributed by atoms with van der Waals surface area (Å²) >= 11 is 0. The molecule has 0 aromatic heterocycles. The molecule has 5 heteroatoms. The van der Waals surface area contributed by atoms with Crippen LogP contribution in [0.2, 0.25) is 0 Å². The van der Waals surface area contributed by atoms with Crippen LogP contribution in [0.1, 0.15) is 23.6 Å². The number of nitrogens with one attached hydrogen (secondary N) is 1. The number of halogens is 1. The molecule has 4 nitrogen and oxygen atoms in total. The number of nitrogens with two attached hydrogens (primary N) is 1. The van der Waals surface area contributed by atoms with E-state index in [1.54, 1.807) is 6.07 Å². The third-order valence-corrected chi connectivity index (χ3v) is 2.62. The summed E-state index contributed by atoms with van der Waals surface area (Å²) < 4.78 is 12.9. The standard InChI is InChI=1S/C11H13FN2O2/c12-8-2-3-9-7(5-8)1-4-10(9)14-16-6-11(13)15/h2-3,5,10,14H,1,4,6H2,(H2,13,15). The van der Waals surface area contributed by atoms with Crippen LogP contribution >= 0.6 is 0 Å². The summed E-state index contributed by atoms with van der Waals surface area (Å²) in [7, 11) is 0. The second kappa shape index (κ2) is 4.59. The van der Waals surface area contributed by atoms with Gasteiger partial charge < -0.3 is 5.73 Å². The van der Waals surface area contributed by atoms with Crippen molar-refractivity contribution < 1.29 is 14.0 Å². The Morgan fingerprint density at radius 3 is 3.19 bits per heavy atom. The predicted octanol–water partition coefficient (Wildman–Crippen LogP) is 0.819. The molecule has 0 radical (unpaired) electrons. The molecule has 3 N–H and O–H groups in total. The molecule has 0 saturated carbocycles. The topological polar surface area (TPSA) is 64.4 Å². The highest BCUT2D eigenvalue weighted by molar-refractivity contribution is 5.74. The summed E-state index contributed by atoms with van der Waals surface area (Å²) in [5.41, 5.74) is 9.71. The van der Waals surface area contributed by atoms with E-state index in [4.69, 9.17) is 10.6 Å². The summed E-state index contributed by atoms with van der Waals surface area (Å²) in [5, 5.41) is 0. The molecule has 1 aliphatic rings. The molecule has 2 rings (SSSR count). The minimum Gasteiger partial charge on any atom is -0.368 e. The molecule has 0 spiro atoms. The summed E-state index contributed by atoms with van der Waals surface area (Å²) in [6.45, 7) is -0.160. The van der Waals surface area contributed by atoms with Gasteiger partial charge in [0.25, 0.3) is 0 Å². The van der Waals surface area contributed by atoms with Crippen LogP contribution in [-0.2, 0) is 16.1 Å². The van der Waals surface area contributed by atoms with E-state index in [9.17, 15) is 9.18 Å². The first kappa shape index (κ1) is 11.0. The quantitative estimate of drug-likeness (QED) is 0.744. The van der Waals surface area contributed by atoms with Crippen LogP contribution in [0.25, 0.3) is 0 Å². The Bertz CT molecular complexity index is 409. The molecule has 1 aromatic carbocycles. The highest BCUT2D eigenvalue weighted by Crippen LogP contribution is 2.31. The molecule has 1 atom stereocenters. The Morgan fingerprint density at radius 2 is 2.44 bits per heavy atom. The van der Waals surface area contributed by atoms with E-state index in [-0.39, 0.29) is 18.5 Å². The number of benzene rings is 1. The molecule has 16 heavy (non-hydrogen) atoms. The van der Waals surface area contributed by atoms with Gasteiger partial charge in [-0.15, -0.1) is 0 Å². The van der Waals surface area contributed by atoms with E-state index in [2.05, 4.69) is 5.48 Å². The third kappa shape index (κ3) is 2.37. The maximum atomic E-state index is 12.9. The number of hydroxylamine groups is 1. The normalized spacial score (nSPS) is 18.4. The van der Waals surface area contributed by atoms with Crippen LogP contribution < -0.4 is 11.2 Å². The predicted molar refractivity (Wildman–Crippen MR) is 55.7 cm³/mol. The van der Waals surface area contributed by atoms with E-state index in [0.29, 0.717) is 0 Å². The van der Waals surface area contributed by atoms with Gasteiger partial charge in [0, 0.05) is 0 Å². The Kier molecular flexibility index (Phi) is 3.17. The van der Waals surface area contributed by atoms with Gasteiger partial charge in [0.15, 0.2) is 0 Å². The molecule has 1 amide bonds. The first-order valence-electron chi connectivity index (χ1n) is 5.11. The summed E-state index contributed by atoms with van der Waals surface area (Å²) in [6, 6.07) is 4.70. The molecule has 1 unspecified atom stereocenters. The number of rotatable bonds is 4. The van der Waals surface area contributed by atoms with E-state index >= 15 is 0 Å². The first-order valence-corrected chi connectivity index (χ1v) is 5.11. The van der Waals surface area contributed by atoms with Crippen LogP contribution in [0.4, 0.5) is 4.39 Å². The summed E-state index contributed by atoms with van der Waals surface area (Å²) in [4.78, 5) is 15.4. The van der Waals surface area contributed by atoms with Gasteiger partial charge in [-0.05, 0) is 36.1 Å². The van der Waals surface area contributed by atoms with E-state index in [1.165, 1.54) is 12.1 Å². The number of primary amides is 1. The molecule has 1 aliphatic carbocycles. The highest BCUT2D eigenvalue weighted by atomic mass is 19.1. The average molecular weight is 224 g/mol. The summed E-state index contributed by atoms with van der Waals surface area (Å²) in [6.07, 6.45) is 1.64. The smallest absolute Gasteiger partial charge is 0.245 e. The van der Waals surface area contributed by atoms with Crippen LogP contribution in [0.5, 0.6) is 0 Å². The first-order chi connectivity index (χ1) is 7.66. The van der Waals surface area contributed by atoms with Crippen LogP contribution in [0, 0.1) is 5.82 Å². The molecule has 86 valence electrons. The fourth-order valence-electron chi connectivity index (χ4n) is 1.92. The molecular weight excluding hydrogens is 211 g/mol. The minimum atomic E-state index is -0.523. The number of amides is 1. The van der Waals surface area contributed by atoms with Crippen molar-refractivity contribution in [2.75, 3.05) is 6.61 Å². The van der Waals surface area contributed by atoms with Gasteiger partial charge in [0.1, 0.15) is 12.4 Å². The van der Waals surface area contributed by atoms with Crippen molar-refractivity contribution in [1.82, 2.24) is 5.48 Å². The van der Waals surface area contributed by atoms with Crippen molar-refractivity contribution in [2.45, 2.75) is 18.9 Å². The highest BCUT2D eigenvalue weighted by Gasteiger charge is 2.22. The zero-order valence-electron chi connectivity index (χ0n) is 8.70. The molecule has 0 fully saturated rings. The molecule has 0 saturated heterocycles. The lowest BCUT2D eigenvalue weighted by Crippen LogP contribution is -2.27. The van der Waals surface area contributed by atoms with E-state index in [0.717, 1.165) is 24.0 Å². The molecule has 0 aliphatic heterocycles. The number of hydrogen-bond acceptors (Lipinski definition) is 3. The fourth-order valence-corrected chi connectivity index (χ4v) is 1.92. The van der Waals surface area contributed by atoms with Crippen molar-refractivity contribution in [1.29, 1.82) is 0 Å². The van der Waals surface area contributed by atoms with Gasteiger partial charge in [0.05, 0.1) is 6.04 Å². The van der Waals surface area contributed by atoms with Crippen LogP contribution in [0.3, 0.4) is 0 Å². The third-order valence-electron chi connectivity index (χ3n) is 2.62. The van der Waals surface area contributed by atoms with Crippen LogP contribution in [0.15, 0.2) is 18.2 Å².